The van der Waals surface area contributed by atoms with Crippen LogP contribution in [0.5, 0.6) is 0 Å². The predicted octanol–water partition coefficient (Wildman–Crippen LogP) is 3.09. The minimum Gasteiger partial charge on any atom is -0.375 e. The zero-order chi connectivity index (χ0) is 19.9. The van der Waals surface area contributed by atoms with E-state index in [4.69, 9.17) is 12.2 Å². The molecule has 2 aromatic carbocycles. The second kappa shape index (κ2) is 9.32. The van der Waals surface area contributed by atoms with E-state index in [0.717, 1.165) is 18.7 Å². The van der Waals surface area contributed by atoms with Crippen LogP contribution in [0.4, 0.5) is 5.69 Å². The van der Waals surface area contributed by atoms with Crippen molar-refractivity contribution in [1.29, 1.82) is 0 Å². The first kappa shape index (κ1) is 19.8. The van der Waals surface area contributed by atoms with Crippen LogP contribution in [0.1, 0.15) is 12.8 Å². The number of aromatic amines is 1. The Morgan fingerprint density at radius 3 is 2.64 bits per heavy atom. The van der Waals surface area contributed by atoms with Gasteiger partial charge in [0, 0.05) is 38.8 Å². The number of rotatable bonds is 8. The van der Waals surface area contributed by atoms with Crippen molar-refractivity contribution in [3.63, 3.8) is 0 Å². The molecule has 2 N–H and O–H groups in total. The van der Waals surface area contributed by atoms with Crippen LogP contribution in [-0.2, 0) is 11.3 Å². The highest BCUT2D eigenvalue weighted by Gasteiger charge is 2.08. The smallest absolute Gasteiger partial charge is 0.262 e. The third-order valence-corrected chi connectivity index (χ3v) is 4.96. The fourth-order valence-corrected chi connectivity index (χ4v) is 3.34. The van der Waals surface area contributed by atoms with Crippen LogP contribution >= 0.6 is 12.2 Å². The van der Waals surface area contributed by atoms with Gasteiger partial charge in [0.2, 0.25) is 5.91 Å². The molecule has 0 saturated carbocycles. The van der Waals surface area contributed by atoms with Crippen LogP contribution < -0.4 is 15.8 Å². The van der Waals surface area contributed by atoms with E-state index in [0.29, 0.717) is 22.2 Å². The number of amides is 1. The lowest BCUT2D eigenvalue weighted by Gasteiger charge is -2.19. The average Bonchev–Trinajstić information content (AvgIpc) is 2.71. The van der Waals surface area contributed by atoms with Crippen molar-refractivity contribution in [2.45, 2.75) is 19.4 Å². The number of nitrogens with one attached hydrogen (secondary N) is 2. The van der Waals surface area contributed by atoms with E-state index in [1.807, 2.05) is 43.4 Å². The second-order valence-electron chi connectivity index (χ2n) is 6.64. The fraction of sp³-hybridized carbons (Fsp3) is 0.286. The third kappa shape index (κ3) is 4.86. The molecule has 0 unspecified atom stereocenters. The third-order valence-electron chi connectivity index (χ3n) is 4.64. The molecule has 0 saturated heterocycles. The van der Waals surface area contributed by atoms with Crippen molar-refractivity contribution in [3.8, 4) is 0 Å². The van der Waals surface area contributed by atoms with Crippen LogP contribution in [0.25, 0.3) is 10.9 Å². The standard InChI is InChI=1S/C21H24N4O2S/c1-24(16-8-3-2-4-9-16)14-7-13-22-19(26)12-15-25-20(27)17-10-5-6-11-18(17)23-21(25)28/h2-6,8-11H,7,12-15H2,1H3,(H,22,26)(H,23,28). The topological polar surface area (TPSA) is 70.1 Å². The molecule has 0 spiro atoms. The largest absolute Gasteiger partial charge is 0.375 e. The van der Waals surface area contributed by atoms with Gasteiger partial charge in [-0.2, -0.15) is 0 Å². The molecule has 1 aromatic heterocycles. The first-order chi connectivity index (χ1) is 13.6. The Bertz CT molecular complexity index is 1060. The molecule has 1 amide bonds. The van der Waals surface area contributed by atoms with E-state index in [2.05, 4.69) is 27.3 Å². The van der Waals surface area contributed by atoms with Gasteiger partial charge in [0.05, 0.1) is 10.9 Å². The Labute approximate surface area is 168 Å². The minimum absolute atomic E-state index is 0.0863. The molecule has 7 heteroatoms. The Hall–Kier alpha value is -2.93. The summed E-state index contributed by atoms with van der Waals surface area (Å²) in [6, 6.07) is 17.3. The Morgan fingerprint density at radius 2 is 1.86 bits per heavy atom. The summed E-state index contributed by atoms with van der Waals surface area (Å²) in [6.07, 6.45) is 1.05. The first-order valence-electron chi connectivity index (χ1n) is 9.31. The minimum atomic E-state index is -0.170. The molecule has 6 nitrogen and oxygen atoms in total. The van der Waals surface area contributed by atoms with E-state index in [1.54, 1.807) is 6.07 Å². The highest BCUT2D eigenvalue weighted by molar-refractivity contribution is 7.71. The summed E-state index contributed by atoms with van der Waals surface area (Å²) in [5, 5.41) is 3.48. The van der Waals surface area contributed by atoms with Gasteiger partial charge >= 0.3 is 0 Å². The van der Waals surface area contributed by atoms with Gasteiger partial charge in [-0.1, -0.05) is 30.3 Å². The molecule has 0 bridgehead atoms. The van der Waals surface area contributed by atoms with Crippen LogP contribution in [-0.4, -0.2) is 35.6 Å². The molecule has 28 heavy (non-hydrogen) atoms. The molecule has 0 aliphatic rings. The van der Waals surface area contributed by atoms with Crippen LogP contribution in [0.3, 0.4) is 0 Å². The summed E-state index contributed by atoms with van der Waals surface area (Å²) in [5.74, 6) is -0.0863. The molecule has 146 valence electrons. The highest BCUT2D eigenvalue weighted by Crippen LogP contribution is 2.10. The summed E-state index contributed by atoms with van der Waals surface area (Å²) >= 11 is 5.27. The number of carbonyl (C=O) groups is 1. The molecular weight excluding hydrogens is 372 g/mol. The molecule has 0 aliphatic heterocycles. The number of nitrogens with zero attached hydrogens (tertiary/aromatic N) is 2. The molecule has 3 aromatic rings. The van der Waals surface area contributed by atoms with Crippen molar-refractivity contribution in [1.82, 2.24) is 14.9 Å². The number of fused-ring (bicyclic) bond motifs is 1. The van der Waals surface area contributed by atoms with Gasteiger partial charge in [0.1, 0.15) is 0 Å². The maximum absolute atomic E-state index is 12.6. The number of hydrogen-bond acceptors (Lipinski definition) is 4. The van der Waals surface area contributed by atoms with Crippen LogP contribution in [0.15, 0.2) is 59.4 Å². The van der Waals surface area contributed by atoms with Crippen molar-refractivity contribution in [2.75, 3.05) is 25.0 Å². The maximum atomic E-state index is 12.6. The van der Waals surface area contributed by atoms with Gasteiger partial charge < -0.3 is 15.2 Å². The summed E-state index contributed by atoms with van der Waals surface area (Å²) < 4.78 is 1.78. The second-order valence-corrected chi connectivity index (χ2v) is 7.03. The van der Waals surface area contributed by atoms with Crippen LogP contribution in [0, 0.1) is 4.77 Å². The number of hydrogen-bond donors (Lipinski definition) is 2. The summed E-state index contributed by atoms with van der Waals surface area (Å²) in [4.78, 5) is 29.9. The lowest BCUT2D eigenvalue weighted by Crippen LogP contribution is -2.30. The average molecular weight is 397 g/mol. The monoisotopic (exact) mass is 396 g/mol. The van der Waals surface area contributed by atoms with Crippen molar-refractivity contribution < 1.29 is 4.79 Å². The lowest BCUT2D eigenvalue weighted by atomic mass is 10.2. The quantitative estimate of drug-likeness (QED) is 0.453. The van der Waals surface area contributed by atoms with Gasteiger partial charge in [0.15, 0.2) is 4.77 Å². The zero-order valence-corrected chi connectivity index (χ0v) is 16.7. The number of para-hydroxylation sites is 2. The summed E-state index contributed by atoms with van der Waals surface area (Å²) in [5.41, 5.74) is 1.69. The number of H-pyrrole nitrogens is 1. The number of aromatic nitrogens is 2. The molecule has 0 radical (unpaired) electrons. The normalized spacial score (nSPS) is 10.8. The lowest BCUT2D eigenvalue weighted by molar-refractivity contribution is -0.121. The van der Waals surface area contributed by atoms with E-state index < -0.39 is 0 Å². The van der Waals surface area contributed by atoms with Gasteiger partial charge in [-0.05, 0) is 42.9 Å². The summed E-state index contributed by atoms with van der Waals surface area (Å²) in [6.45, 7) is 1.70. The van der Waals surface area contributed by atoms with E-state index >= 15 is 0 Å². The summed E-state index contributed by atoms with van der Waals surface area (Å²) in [7, 11) is 2.03. The fourth-order valence-electron chi connectivity index (χ4n) is 3.06. The van der Waals surface area contributed by atoms with Gasteiger partial charge in [-0.3, -0.25) is 14.2 Å². The van der Waals surface area contributed by atoms with Crippen molar-refractivity contribution in [2.24, 2.45) is 0 Å². The maximum Gasteiger partial charge on any atom is 0.262 e. The number of carbonyl (C=O) groups excluding carboxylic acids is 1. The van der Waals surface area contributed by atoms with E-state index in [-0.39, 0.29) is 24.4 Å². The number of anilines is 1. The Kier molecular flexibility index (Phi) is 6.60. The SMILES string of the molecule is CN(CCCNC(=O)CCn1c(=S)[nH]c2ccccc2c1=O)c1ccccc1. The Morgan fingerprint density at radius 1 is 1.14 bits per heavy atom. The molecule has 1 heterocycles. The van der Waals surface area contributed by atoms with Crippen LogP contribution in [0.2, 0.25) is 0 Å². The van der Waals surface area contributed by atoms with Crippen molar-refractivity contribution in [3.05, 3.63) is 69.7 Å². The van der Waals surface area contributed by atoms with Gasteiger partial charge in [-0.15, -0.1) is 0 Å². The molecule has 3 rings (SSSR count). The molecule has 0 fully saturated rings. The molecular formula is C21H24N4O2S. The van der Waals surface area contributed by atoms with Gasteiger partial charge in [-0.25, -0.2) is 0 Å². The highest BCUT2D eigenvalue weighted by atomic mass is 32.1. The predicted molar refractivity (Wildman–Crippen MR) is 115 cm³/mol. The Balaban J connectivity index is 1.48. The van der Waals surface area contributed by atoms with Gasteiger partial charge in [0.25, 0.3) is 5.56 Å². The van der Waals surface area contributed by atoms with E-state index in [1.165, 1.54) is 4.57 Å². The first-order valence-corrected chi connectivity index (χ1v) is 9.72. The number of benzene rings is 2. The van der Waals surface area contributed by atoms with Crippen molar-refractivity contribution >= 4 is 34.7 Å². The molecule has 0 aliphatic carbocycles. The molecule has 0 atom stereocenters. The zero-order valence-electron chi connectivity index (χ0n) is 15.9. The van der Waals surface area contributed by atoms with E-state index in [9.17, 15) is 9.59 Å².